The lowest BCUT2D eigenvalue weighted by atomic mass is 10.2. The van der Waals surface area contributed by atoms with Gasteiger partial charge in [0.25, 0.3) is 5.69 Å². The Morgan fingerprint density at radius 1 is 1.53 bits per heavy atom. The Morgan fingerprint density at radius 3 is 2.71 bits per heavy atom. The van der Waals surface area contributed by atoms with Crippen molar-refractivity contribution in [2.24, 2.45) is 0 Å². The molecule has 1 aromatic carbocycles. The fourth-order valence-electron chi connectivity index (χ4n) is 1.21. The molecule has 0 aliphatic carbocycles. The van der Waals surface area contributed by atoms with E-state index in [4.69, 9.17) is 11.6 Å². The van der Waals surface area contributed by atoms with Gasteiger partial charge < -0.3 is 5.11 Å². The number of nitro groups is 1. The summed E-state index contributed by atoms with van der Waals surface area (Å²) in [5.41, 5.74) is 0.652. The van der Waals surface area contributed by atoms with Crippen LogP contribution in [-0.2, 0) is 5.75 Å². The van der Waals surface area contributed by atoms with Crippen molar-refractivity contribution in [3.05, 3.63) is 38.9 Å². The van der Waals surface area contributed by atoms with Crippen LogP contribution in [0.4, 0.5) is 5.69 Å². The van der Waals surface area contributed by atoms with Gasteiger partial charge >= 0.3 is 0 Å². The zero-order chi connectivity index (χ0) is 13.0. The van der Waals surface area contributed by atoms with E-state index in [9.17, 15) is 15.2 Å². The quantitative estimate of drug-likeness (QED) is 0.662. The third-order valence-electron chi connectivity index (χ3n) is 2.42. The van der Waals surface area contributed by atoms with E-state index >= 15 is 0 Å². The number of rotatable bonds is 5. The summed E-state index contributed by atoms with van der Waals surface area (Å²) in [7, 11) is 0. The summed E-state index contributed by atoms with van der Waals surface area (Å²) in [6, 6.07) is 4.51. The molecule has 2 unspecified atom stereocenters. The highest BCUT2D eigenvalue weighted by Gasteiger charge is 2.16. The number of thioether (sulfide) groups is 1. The number of nitrogens with zero attached hydrogens (tertiary/aromatic N) is 1. The van der Waals surface area contributed by atoms with E-state index < -0.39 is 11.0 Å². The fraction of sp³-hybridized carbons (Fsp3) is 0.455. The normalized spacial score (nSPS) is 14.4. The van der Waals surface area contributed by atoms with Crippen LogP contribution < -0.4 is 0 Å². The number of hydrogen-bond donors (Lipinski definition) is 1. The Labute approximate surface area is 109 Å². The van der Waals surface area contributed by atoms with E-state index in [1.54, 1.807) is 13.0 Å². The van der Waals surface area contributed by atoms with E-state index in [0.717, 1.165) is 0 Å². The summed E-state index contributed by atoms with van der Waals surface area (Å²) in [5, 5.41) is 20.7. The molecule has 0 heterocycles. The summed E-state index contributed by atoms with van der Waals surface area (Å²) in [5.74, 6) is 0.461. The van der Waals surface area contributed by atoms with E-state index in [2.05, 4.69) is 0 Å². The molecule has 0 saturated heterocycles. The van der Waals surface area contributed by atoms with Crippen LogP contribution in [0.25, 0.3) is 0 Å². The zero-order valence-electron chi connectivity index (χ0n) is 9.59. The molecule has 0 amide bonds. The molecule has 1 N–H and O–H groups in total. The van der Waals surface area contributed by atoms with Crippen LogP contribution in [0.15, 0.2) is 18.2 Å². The summed E-state index contributed by atoms with van der Waals surface area (Å²) in [6.45, 7) is 3.58. The van der Waals surface area contributed by atoms with Gasteiger partial charge in [-0.3, -0.25) is 10.1 Å². The average Bonchev–Trinajstić information content (AvgIpc) is 2.25. The second-order valence-electron chi connectivity index (χ2n) is 3.79. The van der Waals surface area contributed by atoms with Crippen molar-refractivity contribution in [2.75, 3.05) is 0 Å². The molecule has 0 fully saturated rings. The maximum Gasteiger partial charge on any atom is 0.273 e. The summed E-state index contributed by atoms with van der Waals surface area (Å²) in [4.78, 5) is 10.4. The first-order valence-electron chi connectivity index (χ1n) is 5.14. The van der Waals surface area contributed by atoms with Crippen LogP contribution in [0.2, 0.25) is 5.02 Å². The lowest BCUT2D eigenvalue weighted by molar-refractivity contribution is -0.385. The molecule has 0 saturated carbocycles. The third kappa shape index (κ3) is 4.18. The maximum absolute atomic E-state index is 10.8. The van der Waals surface area contributed by atoms with Gasteiger partial charge in [-0.05, 0) is 19.1 Å². The summed E-state index contributed by atoms with van der Waals surface area (Å²) < 4.78 is 0. The number of hydrogen-bond acceptors (Lipinski definition) is 4. The van der Waals surface area contributed by atoms with Crippen LogP contribution in [0.5, 0.6) is 0 Å². The van der Waals surface area contributed by atoms with Crippen molar-refractivity contribution in [3.8, 4) is 0 Å². The van der Waals surface area contributed by atoms with Crippen LogP contribution in [-0.4, -0.2) is 21.4 Å². The molecular formula is C11H14ClNO3S. The first-order valence-corrected chi connectivity index (χ1v) is 6.57. The van der Waals surface area contributed by atoms with Crippen molar-refractivity contribution in [2.45, 2.75) is 31.0 Å². The topological polar surface area (TPSA) is 63.4 Å². The van der Waals surface area contributed by atoms with Gasteiger partial charge in [0.15, 0.2) is 0 Å². The Kier molecular flexibility index (Phi) is 5.24. The first-order chi connectivity index (χ1) is 7.91. The Balaban J connectivity index is 2.82. The summed E-state index contributed by atoms with van der Waals surface area (Å²) in [6.07, 6.45) is -0.446. The van der Waals surface area contributed by atoms with Gasteiger partial charge in [0, 0.05) is 27.7 Å². The molecule has 2 atom stereocenters. The molecule has 0 spiro atoms. The van der Waals surface area contributed by atoms with Crippen molar-refractivity contribution in [1.82, 2.24) is 0 Å². The van der Waals surface area contributed by atoms with E-state index in [1.165, 1.54) is 23.9 Å². The van der Waals surface area contributed by atoms with Gasteiger partial charge in [-0.25, -0.2) is 0 Å². The van der Waals surface area contributed by atoms with E-state index in [1.807, 2.05) is 6.92 Å². The molecular weight excluding hydrogens is 262 g/mol. The first kappa shape index (κ1) is 14.3. The standard InChI is InChI=1S/C11H14ClNO3S/c1-7(14)8(2)17-6-9-5-10(12)3-4-11(9)13(15)16/h3-5,7-8,14H,6H2,1-2H3. The highest BCUT2D eigenvalue weighted by atomic mass is 35.5. The molecule has 94 valence electrons. The zero-order valence-corrected chi connectivity index (χ0v) is 11.2. The molecule has 0 aromatic heterocycles. The van der Waals surface area contributed by atoms with E-state index in [-0.39, 0.29) is 10.9 Å². The van der Waals surface area contributed by atoms with Gasteiger partial charge in [-0.1, -0.05) is 18.5 Å². The van der Waals surface area contributed by atoms with Crippen molar-refractivity contribution < 1.29 is 10.0 Å². The molecule has 0 bridgehead atoms. The minimum atomic E-state index is -0.446. The van der Waals surface area contributed by atoms with Gasteiger partial charge in [0.05, 0.1) is 11.0 Å². The van der Waals surface area contributed by atoms with Gasteiger partial charge in [0.2, 0.25) is 0 Å². The monoisotopic (exact) mass is 275 g/mol. The number of benzene rings is 1. The number of aliphatic hydroxyl groups is 1. The van der Waals surface area contributed by atoms with Gasteiger partial charge in [-0.15, -0.1) is 0 Å². The number of nitro benzene ring substituents is 1. The van der Waals surface area contributed by atoms with Crippen LogP contribution in [0.1, 0.15) is 19.4 Å². The second kappa shape index (κ2) is 6.23. The van der Waals surface area contributed by atoms with Gasteiger partial charge in [0.1, 0.15) is 0 Å². The molecule has 17 heavy (non-hydrogen) atoms. The summed E-state index contributed by atoms with van der Waals surface area (Å²) >= 11 is 7.28. The molecule has 0 radical (unpaired) electrons. The number of halogens is 1. The number of aliphatic hydroxyl groups excluding tert-OH is 1. The van der Waals surface area contributed by atoms with Crippen LogP contribution >= 0.6 is 23.4 Å². The molecule has 0 aliphatic rings. The van der Waals surface area contributed by atoms with Crippen LogP contribution in [0, 0.1) is 10.1 Å². The fourth-order valence-corrected chi connectivity index (χ4v) is 2.36. The Morgan fingerprint density at radius 2 is 2.18 bits per heavy atom. The third-order valence-corrected chi connectivity index (χ3v) is 4.05. The molecule has 1 rings (SSSR count). The average molecular weight is 276 g/mol. The molecule has 1 aromatic rings. The molecule has 0 aliphatic heterocycles. The predicted molar refractivity (Wildman–Crippen MR) is 70.5 cm³/mol. The van der Waals surface area contributed by atoms with Crippen molar-refractivity contribution in [1.29, 1.82) is 0 Å². The Bertz CT molecular complexity index is 412. The smallest absolute Gasteiger partial charge is 0.273 e. The minimum absolute atomic E-state index is 0.0218. The second-order valence-corrected chi connectivity index (χ2v) is 5.59. The van der Waals surface area contributed by atoms with Crippen LogP contribution in [0.3, 0.4) is 0 Å². The molecule has 4 nitrogen and oxygen atoms in total. The van der Waals surface area contributed by atoms with Crippen molar-refractivity contribution >= 4 is 29.1 Å². The predicted octanol–water partition coefficient (Wildman–Crippen LogP) is 3.25. The van der Waals surface area contributed by atoms with Crippen molar-refractivity contribution in [3.63, 3.8) is 0 Å². The maximum atomic E-state index is 10.8. The SMILES string of the molecule is CC(O)C(C)SCc1cc(Cl)ccc1[N+](=O)[O-]. The molecule has 6 heteroatoms. The largest absolute Gasteiger partial charge is 0.392 e. The van der Waals surface area contributed by atoms with Gasteiger partial charge in [-0.2, -0.15) is 11.8 Å². The minimum Gasteiger partial charge on any atom is -0.392 e. The van der Waals surface area contributed by atoms with E-state index in [0.29, 0.717) is 16.3 Å². The lowest BCUT2D eigenvalue weighted by Crippen LogP contribution is -2.15. The highest BCUT2D eigenvalue weighted by Crippen LogP contribution is 2.28. The lowest BCUT2D eigenvalue weighted by Gasteiger charge is -2.13. The Hall–Kier alpha value is -0.780. The highest BCUT2D eigenvalue weighted by molar-refractivity contribution is 7.99.